The number of carbonyl (C=O) groups excluding carboxylic acids is 1. The molecule has 0 radical (unpaired) electrons. The molecular weight excluding hydrogens is 394 g/mol. The summed E-state index contributed by atoms with van der Waals surface area (Å²) in [4.78, 5) is 22.4. The SMILES string of the molecule is O=C(Cc1ccc2ccccc2c1)Nc1ncc(-c2ccccc2)nc1CC1CCCC1. The highest BCUT2D eigenvalue weighted by molar-refractivity contribution is 5.93. The third-order valence-electron chi connectivity index (χ3n) is 6.31. The van der Waals surface area contributed by atoms with Crippen molar-refractivity contribution < 1.29 is 4.79 Å². The van der Waals surface area contributed by atoms with Crippen LogP contribution in [0.4, 0.5) is 5.82 Å². The molecule has 1 fully saturated rings. The summed E-state index contributed by atoms with van der Waals surface area (Å²) in [6.07, 6.45) is 7.94. The first-order chi connectivity index (χ1) is 15.7. The van der Waals surface area contributed by atoms with Gasteiger partial charge in [0.15, 0.2) is 5.82 Å². The second-order valence-electron chi connectivity index (χ2n) is 8.68. The topological polar surface area (TPSA) is 54.9 Å². The minimum atomic E-state index is -0.0604. The molecule has 1 aromatic heterocycles. The van der Waals surface area contributed by atoms with E-state index in [1.807, 2.05) is 48.5 Å². The van der Waals surface area contributed by atoms with Crippen LogP contribution >= 0.6 is 0 Å². The number of hydrogen-bond acceptors (Lipinski definition) is 3. The summed E-state index contributed by atoms with van der Waals surface area (Å²) in [7, 11) is 0. The second-order valence-corrected chi connectivity index (χ2v) is 8.68. The molecule has 1 amide bonds. The minimum Gasteiger partial charge on any atom is -0.309 e. The number of nitrogens with zero attached hydrogens (tertiary/aromatic N) is 2. The van der Waals surface area contributed by atoms with E-state index < -0.39 is 0 Å². The van der Waals surface area contributed by atoms with Crippen LogP contribution in [0, 0.1) is 5.92 Å². The molecule has 32 heavy (non-hydrogen) atoms. The van der Waals surface area contributed by atoms with Crippen molar-refractivity contribution in [2.45, 2.75) is 38.5 Å². The number of amides is 1. The van der Waals surface area contributed by atoms with Crippen LogP contribution in [-0.2, 0) is 17.6 Å². The van der Waals surface area contributed by atoms with Gasteiger partial charge in [0.1, 0.15) is 0 Å². The van der Waals surface area contributed by atoms with Gasteiger partial charge in [-0.3, -0.25) is 4.79 Å². The number of hydrogen-bond donors (Lipinski definition) is 1. The predicted octanol–water partition coefficient (Wildman–Crippen LogP) is 6.21. The van der Waals surface area contributed by atoms with Gasteiger partial charge in [0.2, 0.25) is 5.91 Å². The van der Waals surface area contributed by atoms with E-state index in [2.05, 4.69) is 34.6 Å². The number of fused-ring (bicyclic) bond motifs is 1. The van der Waals surface area contributed by atoms with Gasteiger partial charge in [0, 0.05) is 5.56 Å². The lowest BCUT2D eigenvalue weighted by atomic mass is 10.0. The first-order valence-corrected chi connectivity index (χ1v) is 11.4. The lowest BCUT2D eigenvalue weighted by Crippen LogP contribution is -2.18. The van der Waals surface area contributed by atoms with Gasteiger partial charge >= 0.3 is 0 Å². The average Bonchev–Trinajstić information content (AvgIpc) is 3.34. The Morgan fingerprint density at radius 2 is 1.66 bits per heavy atom. The van der Waals surface area contributed by atoms with E-state index in [1.54, 1.807) is 6.20 Å². The zero-order chi connectivity index (χ0) is 21.8. The van der Waals surface area contributed by atoms with Gasteiger partial charge in [0.05, 0.1) is 24.0 Å². The Bertz CT molecular complexity index is 1230. The Morgan fingerprint density at radius 3 is 2.47 bits per heavy atom. The molecule has 0 aliphatic heterocycles. The Morgan fingerprint density at radius 1 is 0.906 bits per heavy atom. The fourth-order valence-corrected chi connectivity index (χ4v) is 4.62. The van der Waals surface area contributed by atoms with E-state index in [0.717, 1.165) is 34.3 Å². The highest BCUT2D eigenvalue weighted by Gasteiger charge is 2.20. The summed E-state index contributed by atoms with van der Waals surface area (Å²) in [6.45, 7) is 0. The van der Waals surface area contributed by atoms with E-state index in [-0.39, 0.29) is 5.91 Å². The zero-order valence-corrected chi connectivity index (χ0v) is 18.1. The molecule has 0 saturated heterocycles. The molecule has 160 valence electrons. The van der Waals surface area contributed by atoms with Gasteiger partial charge in [-0.2, -0.15) is 0 Å². The van der Waals surface area contributed by atoms with Gasteiger partial charge in [-0.25, -0.2) is 9.97 Å². The van der Waals surface area contributed by atoms with Gasteiger partial charge < -0.3 is 5.32 Å². The molecule has 0 unspecified atom stereocenters. The summed E-state index contributed by atoms with van der Waals surface area (Å²) in [5.74, 6) is 1.16. The fourth-order valence-electron chi connectivity index (χ4n) is 4.62. The number of rotatable bonds is 6. The molecule has 4 nitrogen and oxygen atoms in total. The van der Waals surface area contributed by atoms with Crippen LogP contribution < -0.4 is 5.32 Å². The van der Waals surface area contributed by atoms with Crippen molar-refractivity contribution in [2.24, 2.45) is 5.92 Å². The van der Waals surface area contributed by atoms with Crippen molar-refractivity contribution in [3.05, 3.63) is 90.3 Å². The maximum atomic E-state index is 12.9. The molecule has 3 aromatic carbocycles. The monoisotopic (exact) mass is 421 g/mol. The van der Waals surface area contributed by atoms with Crippen LogP contribution in [0.5, 0.6) is 0 Å². The van der Waals surface area contributed by atoms with Crippen LogP contribution in [0.15, 0.2) is 79.0 Å². The summed E-state index contributed by atoms with van der Waals surface area (Å²) in [5.41, 5.74) is 3.78. The predicted molar refractivity (Wildman–Crippen MR) is 129 cm³/mol. The third-order valence-corrected chi connectivity index (χ3v) is 6.31. The second kappa shape index (κ2) is 9.31. The van der Waals surface area contributed by atoms with Crippen molar-refractivity contribution in [2.75, 3.05) is 5.32 Å². The Kier molecular flexibility index (Phi) is 5.93. The highest BCUT2D eigenvalue weighted by atomic mass is 16.1. The molecule has 4 heteroatoms. The average molecular weight is 422 g/mol. The summed E-state index contributed by atoms with van der Waals surface area (Å²) >= 11 is 0. The molecule has 1 aliphatic rings. The van der Waals surface area contributed by atoms with Crippen molar-refractivity contribution in [1.29, 1.82) is 0 Å². The van der Waals surface area contributed by atoms with Crippen LogP contribution in [-0.4, -0.2) is 15.9 Å². The van der Waals surface area contributed by atoms with Gasteiger partial charge in [-0.05, 0) is 28.7 Å². The van der Waals surface area contributed by atoms with Crippen LogP contribution in [0.1, 0.15) is 36.9 Å². The number of aromatic nitrogens is 2. The normalized spacial score (nSPS) is 14.0. The first kappa shape index (κ1) is 20.4. The van der Waals surface area contributed by atoms with Crippen LogP contribution in [0.3, 0.4) is 0 Å². The summed E-state index contributed by atoms with van der Waals surface area (Å²) in [6, 6.07) is 24.5. The van der Waals surface area contributed by atoms with Gasteiger partial charge in [-0.1, -0.05) is 98.5 Å². The molecule has 1 heterocycles. The molecule has 0 atom stereocenters. The number of benzene rings is 3. The third kappa shape index (κ3) is 4.70. The van der Waals surface area contributed by atoms with Crippen molar-refractivity contribution in [1.82, 2.24) is 9.97 Å². The smallest absolute Gasteiger partial charge is 0.229 e. The van der Waals surface area contributed by atoms with Gasteiger partial charge in [0.25, 0.3) is 0 Å². The molecular formula is C28H27N3O. The maximum Gasteiger partial charge on any atom is 0.229 e. The van der Waals surface area contributed by atoms with Gasteiger partial charge in [-0.15, -0.1) is 0 Å². The molecule has 0 bridgehead atoms. The van der Waals surface area contributed by atoms with Crippen LogP contribution in [0.2, 0.25) is 0 Å². The Labute approximate surface area is 188 Å². The lowest BCUT2D eigenvalue weighted by Gasteiger charge is -2.14. The Hall–Kier alpha value is -3.53. The van der Waals surface area contributed by atoms with E-state index in [4.69, 9.17) is 4.98 Å². The Balaban J connectivity index is 1.37. The standard InChI is InChI=1S/C28H27N3O/c32-27(18-21-14-15-22-10-6-7-13-24(22)16-21)31-28-25(17-20-8-4-5-9-20)30-26(19-29-28)23-11-2-1-3-12-23/h1-3,6-7,10-16,19-20H,4-5,8-9,17-18H2,(H,29,31,32). The van der Waals surface area contributed by atoms with E-state index >= 15 is 0 Å². The molecule has 0 spiro atoms. The minimum absolute atomic E-state index is 0.0604. The van der Waals surface area contributed by atoms with Crippen LogP contribution in [0.25, 0.3) is 22.0 Å². The number of anilines is 1. The molecule has 1 aliphatic carbocycles. The summed E-state index contributed by atoms with van der Waals surface area (Å²) in [5, 5.41) is 5.37. The first-order valence-electron chi connectivity index (χ1n) is 11.4. The van der Waals surface area contributed by atoms with Crippen molar-refractivity contribution in [3.8, 4) is 11.3 Å². The number of nitrogens with one attached hydrogen (secondary N) is 1. The maximum absolute atomic E-state index is 12.9. The molecule has 1 saturated carbocycles. The quantitative estimate of drug-likeness (QED) is 0.403. The summed E-state index contributed by atoms with van der Waals surface area (Å²) < 4.78 is 0. The number of carbonyl (C=O) groups is 1. The molecule has 4 aromatic rings. The molecule has 5 rings (SSSR count). The van der Waals surface area contributed by atoms with E-state index in [9.17, 15) is 4.79 Å². The zero-order valence-electron chi connectivity index (χ0n) is 18.1. The van der Waals surface area contributed by atoms with E-state index in [1.165, 1.54) is 31.1 Å². The van der Waals surface area contributed by atoms with E-state index in [0.29, 0.717) is 18.2 Å². The highest BCUT2D eigenvalue weighted by Crippen LogP contribution is 2.30. The van der Waals surface area contributed by atoms with Crippen molar-refractivity contribution >= 4 is 22.5 Å². The molecule has 1 N–H and O–H groups in total. The largest absolute Gasteiger partial charge is 0.309 e. The lowest BCUT2D eigenvalue weighted by molar-refractivity contribution is -0.115. The fraction of sp³-hybridized carbons (Fsp3) is 0.250. The van der Waals surface area contributed by atoms with Crippen molar-refractivity contribution in [3.63, 3.8) is 0 Å².